The largest absolute Gasteiger partial charge is 0.328 e. The smallest absolute Gasteiger partial charge is 0.299 e. The van der Waals surface area contributed by atoms with E-state index in [1.165, 1.54) is 0 Å². The van der Waals surface area contributed by atoms with Crippen molar-refractivity contribution in [1.82, 2.24) is 29.3 Å². The van der Waals surface area contributed by atoms with Crippen molar-refractivity contribution in [3.63, 3.8) is 0 Å². The van der Waals surface area contributed by atoms with Gasteiger partial charge in [-0.05, 0) is 52.8 Å². The molecule has 0 saturated heterocycles. The second-order valence-electron chi connectivity index (χ2n) is 8.94. The molecular weight excluding hydrogens is 412 g/mol. The predicted molar refractivity (Wildman–Crippen MR) is 130 cm³/mol. The Morgan fingerprint density at radius 3 is 2.52 bits per heavy atom. The molecule has 33 heavy (non-hydrogen) atoms. The summed E-state index contributed by atoms with van der Waals surface area (Å²) >= 11 is 0. The lowest BCUT2D eigenvalue weighted by Crippen LogP contribution is -2.26. The fourth-order valence-corrected chi connectivity index (χ4v) is 4.03. The highest BCUT2D eigenvalue weighted by Gasteiger charge is 2.13. The summed E-state index contributed by atoms with van der Waals surface area (Å²) in [6.45, 7) is 7.93. The first-order valence-corrected chi connectivity index (χ1v) is 11.8. The lowest BCUT2D eigenvalue weighted by atomic mass is 10.0. The quantitative estimate of drug-likeness (QED) is 0.355. The van der Waals surface area contributed by atoms with Crippen molar-refractivity contribution in [3.05, 3.63) is 82.8 Å². The Balaban J connectivity index is 1.59. The van der Waals surface area contributed by atoms with Crippen molar-refractivity contribution >= 4 is 0 Å². The van der Waals surface area contributed by atoms with Gasteiger partial charge in [-0.15, -0.1) is 5.10 Å². The number of benzene rings is 2. The molecule has 0 aliphatic carbocycles. The highest BCUT2D eigenvalue weighted by Crippen LogP contribution is 2.26. The number of unbranched alkanes of at least 4 members (excludes halogenated alkanes) is 1. The number of hydrogen-bond donors (Lipinski definition) is 0. The number of hydrogen-bond acceptors (Lipinski definition) is 4. The minimum atomic E-state index is 0.0925. The Bertz CT molecular complexity index is 1220. The first kappa shape index (κ1) is 22.7. The van der Waals surface area contributed by atoms with E-state index < -0.39 is 0 Å². The molecule has 0 N–H and O–H groups in total. The molecule has 2 aromatic carbocycles. The summed E-state index contributed by atoms with van der Waals surface area (Å²) in [7, 11) is 0. The first-order valence-electron chi connectivity index (χ1n) is 11.8. The summed E-state index contributed by atoms with van der Waals surface area (Å²) in [6, 6.07) is 16.5. The van der Waals surface area contributed by atoms with Gasteiger partial charge in [-0.25, -0.2) is 4.79 Å². The van der Waals surface area contributed by atoms with E-state index in [2.05, 4.69) is 72.8 Å². The summed E-state index contributed by atoms with van der Waals surface area (Å²) in [5.41, 5.74) is 5.39. The number of aryl methyl sites for hydroxylation is 2. The monoisotopic (exact) mass is 444 g/mol. The number of nitrogens with zero attached hydrogens (tertiary/aromatic N) is 6. The highest BCUT2D eigenvalue weighted by atomic mass is 16.1. The van der Waals surface area contributed by atoms with Crippen molar-refractivity contribution in [2.45, 2.75) is 59.5 Å². The normalized spacial score (nSPS) is 11.4. The fraction of sp³-hybridized carbons (Fsp3) is 0.385. The number of aromatic nitrogens is 6. The Morgan fingerprint density at radius 1 is 1.03 bits per heavy atom. The molecule has 4 aromatic rings. The molecule has 0 aliphatic rings. The van der Waals surface area contributed by atoms with E-state index in [-0.39, 0.29) is 5.69 Å². The molecule has 0 amide bonds. The molecule has 2 heterocycles. The predicted octanol–water partition coefficient (Wildman–Crippen LogP) is 4.73. The minimum Gasteiger partial charge on any atom is -0.299 e. The average molecular weight is 445 g/mol. The van der Waals surface area contributed by atoms with Crippen LogP contribution >= 0.6 is 0 Å². The van der Waals surface area contributed by atoms with Gasteiger partial charge in [0, 0.05) is 24.0 Å². The molecule has 4 rings (SSSR count). The Kier molecular flexibility index (Phi) is 7.17. The molecular formula is C26H32N6O. The summed E-state index contributed by atoms with van der Waals surface area (Å²) in [5.74, 6) is 0.572. The third-order valence-electron chi connectivity index (χ3n) is 5.97. The van der Waals surface area contributed by atoms with E-state index in [0.29, 0.717) is 12.5 Å². The third kappa shape index (κ3) is 5.30. The maximum absolute atomic E-state index is 13.1. The molecule has 0 aliphatic heterocycles. The SMILES string of the molecule is CCCCc1cn(CCC(C)C)c(=O)n1Cc1ccc(-c2ccccc2-n2cnnn2)cc1. The number of para-hydroxylation sites is 1. The topological polar surface area (TPSA) is 70.5 Å². The third-order valence-corrected chi connectivity index (χ3v) is 5.97. The molecule has 7 heteroatoms. The second-order valence-corrected chi connectivity index (χ2v) is 8.94. The van der Waals surface area contributed by atoms with Crippen LogP contribution in [0.4, 0.5) is 0 Å². The molecule has 0 unspecified atom stereocenters. The van der Waals surface area contributed by atoms with Crippen LogP contribution in [0.25, 0.3) is 16.8 Å². The van der Waals surface area contributed by atoms with E-state index in [1.807, 2.05) is 27.3 Å². The second kappa shape index (κ2) is 10.4. The van der Waals surface area contributed by atoms with Crippen LogP contribution in [-0.2, 0) is 19.5 Å². The van der Waals surface area contributed by atoms with Crippen LogP contribution in [0.3, 0.4) is 0 Å². The molecule has 172 valence electrons. The van der Waals surface area contributed by atoms with Crippen LogP contribution in [0.1, 0.15) is 51.3 Å². The van der Waals surface area contributed by atoms with Crippen LogP contribution in [0.5, 0.6) is 0 Å². The summed E-state index contributed by atoms with van der Waals surface area (Å²) in [6.07, 6.45) is 7.80. The maximum atomic E-state index is 13.1. The van der Waals surface area contributed by atoms with Gasteiger partial charge in [0.2, 0.25) is 0 Å². The summed E-state index contributed by atoms with van der Waals surface area (Å²) in [4.78, 5) is 13.1. The lowest BCUT2D eigenvalue weighted by molar-refractivity contribution is 0.502. The van der Waals surface area contributed by atoms with Gasteiger partial charge >= 0.3 is 5.69 Å². The Hall–Kier alpha value is -3.48. The molecule has 7 nitrogen and oxygen atoms in total. The summed E-state index contributed by atoms with van der Waals surface area (Å²) < 4.78 is 5.50. The van der Waals surface area contributed by atoms with Crippen molar-refractivity contribution < 1.29 is 0 Å². The van der Waals surface area contributed by atoms with Gasteiger partial charge in [-0.1, -0.05) is 69.7 Å². The maximum Gasteiger partial charge on any atom is 0.328 e. The van der Waals surface area contributed by atoms with Gasteiger partial charge in [0.25, 0.3) is 0 Å². The van der Waals surface area contributed by atoms with Crippen LogP contribution in [0.2, 0.25) is 0 Å². The lowest BCUT2D eigenvalue weighted by Gasteiger charge is -2.11. The van der Waals surface area contributed by atoms with Crippen LogP contribution < -0.4 is 5.69 Å². The van der Waals surface area contributed by atoms with Crippen LogP contribution in [0, 0.1) is 5.92 Å². The zero-order valence-electron chi connectivity index (χ0n) is 19.7. The van der Waals surface area contributed by atoms with Gasteiger partial charge in [0.15, 0.2) is 0 Å². The van der Waals surface area contributed by atoms with Crippen molar-refractivity contribution in [3.8, 4) is 16.8 Å². The van der Waals surface area contributed by atoms with Crippen molar-refractivity contribution in [2.75, 3.05) is 0 Å². The number of tetrazole rings is 1. The van der Waals surface area contributed by atoms with E-state index in [1.54, 1.807) is 11.0 Å². The Labute approximate surface area is 194 Å². The average Bonchev–Trinajstić information content (AvgIpc) is 3.46. The van der Waals surface area contributed by atoms with E-state index in [9.17, 15) is 4.79 Å². The van der Waals surface area contributed by atoms with Gasteiger partial charge in [0.1, 0.15) is 6.33 Å². The van der Waals surface area contributed by atoms with Crippen molar-refractivity contribution in [1.29, 1.82) is 0 Å². The van der Waals surface area contributed by atoms with Crippen molar-refractivity contribution in [2.24, 2.45) is 5.92 Å². The molecule has 2 aromatic heterocycles. The molecule has 0 fully saturated rings. The standard InChI is InChI=1S/C26H32N6O/c1-4-5-8-23-18-30(16-15-20(2)3)26(33)31(23)17-21-11-13-22(14-12-21)24-9-6-7-10-25(24)32-19-27-28-29-32/h6-7,9-14,18-20H,4-5,8,15-17H2,1-3H3. The van der Waals surface area contributed by atoms with E-state index >= 15 is 0 Å². The van der Waals surface area contributed by atoms with Crippen LogP contribution in [0.15, 0.2) is 65.8 Å². The molecule has 0 atom stereocenters. The van der Waals surface area contributed by atoms with Gasteiger partial charge in [-0.3, -0.25) is 9.13 Å². The number of imidazole rings is 1. The number of rotatable bonds is 10. The minimum absolute atomic E-state index is 0.0925. The van der Waals surface area contributed by atoms with Gasteiger partial charge < -0.3 is 0 Å². The summed E-state index contributed by atoms with van der Waals surface area (Å²) in [5, 5.41) is 11.5. The molecule has 0 saturated carbocycles. The van der Waals surface area contributed by atoms with Gasteiger partial charge in [-0.2, -0.15) is 4.68 Å². The van der Waals surface area contributed by atoms with E-state index in [0.717, 1.165) is 60.3 Å². The van der Waals surface area contributed by atoms with E-state index in [4.69, 9.17) is 0 Å². The fourth-order valence-electron chi connectivity index (χ4n) is 4.03. The Morgan fingerprint density at radius 2 is 1.82 bits per heavy atom. The first-order chi connectivity index (χ1) is 16.1. The highest BCUT2D eigenvalue weighted by molar-refractivity contribution is 5.72. The van der Waals surface area contributed by atoms with Gasteiger partial charge in [0.05, 0.1) is 12.2 Å². The molecule has 0 bridgehead atoms. The molecule has 0 radical (unpaired) electrons. The zero-order valence-corrected chi connectivity index (χ0v) is 19.7. The zero-order chi connectivity index (χ0) is 23.2. The molecule has 0 spiro atoms. The van der Waals surface area contributed by atoms with Crippen LogP contribution in [-0.4, -0.2) is 29.3 Å².